The van der Waals surface area contributed by atoms with Gasteiger partial charge in [0.1, 0.15) is 23.0 Å². The highest BCUT2D eigenvalue weighted by Crippen LogP contribution is 2.41. The minimum atomic E-state index is -2.12. The predicted octanol–water partition coefficient (Wildman–Crippen LogP) is 6.66. The molecule has 0 heterocycles. The summed E-state index contributed by atoms with van der Waals surface area (Å²) in [6, 6.07) is 10.3. The number of hydrogen-bond donors (Lipinski definition) is 0. The summed E-state index contributed by atoms with van der Waals surface area (Å²) in [6.45, 7) is 14.4. The topological polar surface area (TPSA) is 80.3 Å². The number of benzene rings is 2. The van der Waals surface area contributed by atoms with Crippen LogP contribution in [0.25, 0.3) is 5.76 Å². The van der Waals surface area contributed by atoms with Crippen molar-refractivity contribution in [1.29, 1.82) is 0 Å². The van der Waals surface area contributed by atoms with Gasteiger partial charge in [0.05, 0.1) is 32.5 Å². The molecule has 2 aromatic carbocycles. The van der Waals surface area contributed by atoms with Crippen LogP contribution in [0.4, 0.5) is 0 Å². The summed E-state index contributed by atoms with van der Waals surface area (Å²) in [6.07, 6.45) is 1.95. The summed E-state index contributed by atoms with van der Waals surface area (Å²) in [7, 11) is 0.966. The quantitative estimate of drug-likeness (QED) is 0.109. The summed E-state index contributed by atoms with van der Waals surface area (Å²) in [5.41, 5.74) is 0.911. The summed E-state index contributed by atoms with van der Waals surface area (Å²) in [5, 5.41) is 0.00332. The molecular formula is C28H38O7Si. The average Bonchev–Trinajstić information content (AvgIpc) is 2.81. The van der Waals surface area contributed by atoms with Gasteiger partial charge in [-0.05, 0) is 61.8 Å². The lowest BCUT2D eigenvalue weighted by Gasteiger charge is -2.36. The van der Waals surface area contributed by atoms with E-state index in [0.29, 0.717) is 34.8 Å². The minimum absolute atomic E-state index is 0.00332. The van der Waals surface area contributed by atoms with Gasteiger partial charge >= 0.3 is 5.97 Å². The molecule has 8 heteroatoms. The van der Waals surface area contributed by atoms with E-state index in [1.54, 1.807) is 43.5 Å². The maximum atomic E-state index is 12.5. The van der Waals surface area contributed by atoms with E-state index in [4.69, 9.17) is 23.4 Å². The average molecular weight is 515 g/mol. The van der Waals surface area contributed by atoms with Gasteiger partial charge in [0.2, 0.25) is 0 Å². The number of ether oxygens (including phenoxy) is 4. The molecular weight excluding hydrogens is 476 g/mol. The fraction of sp³-hybridized carbons (Fsp3) is 0.429. The van der Waals surface area contributed by atoms with Crippen LogP contribution in [0.15, 0.2) is 42.5 Å². The molecule has 196 valence electrons. The van der Waals surface area contributed by atoms with E-state index in [1.807, 2.05) is 6.92 Å². The molecule has 0 saturated carbocycles. The van der Waals surface area contributed by atoms with Gasteiger partial charge in [-0.1, -0.05) is 27.7 Å². The van der Waals surface area contributed by atoms with E-state index < -0.39 is 14.3 Å². The van der Waals surface area contributed by atoms with Gasteiger partial charge in [-0.2, -0.15) is 0 Å². The Morgan fingerprint density at radius 2 is 1.64 bits per heavy atom. The number of carbonyl (C=O) groups is 2. The first-order valence-corrected chi connectivity index (χ1v) is 14.9. The third kappa shape index (κ3) is 7.37. The molecule has 36 heavy (non-hydrogen) atoms. The van der Waals surface area contributed by atoms with Crippen molar-refractivity contribution in [3.63, 3.8) is 0 Å². The van der Waals surface area contributed by atoms with Gasteiger partial charge in [-0.25, -0.2) is 4.79 Å². The third-order valence-corrected chi connectivity index (χ3v) is 10.4. The lowest BCUT2D eigenvalue weighted by atomic mass is 10.1. The third-order valence-electron chi connectivity index (χ3n) is 6.10. The van der Waals surface area contributed by atoms with Crippen LogP contribution in [-0.2, 0) is 9.53 Å². The van der Waals surface area contributed by atoms with Crippen LogP contribution in [0.1, 0.15) is 57.0 Å². The lowest BCUT2D eigenvalue weighted by molar-refractivity contribution is -0.137. The highest BCUT2D eigenvalue weighted by molar-refractivity contribution is 6.74. The molecule has 0 fully saturated rings. The predicted molar refractivity (Wildman–Crippen MR) is 144 cm³/mol. The Kier molecular flexibility index (Phi) is 9.75. The molecule has 0 bridgehead atoms. The number of hydrogen-bond acceptors (Lipinski definition) is 7. The molecule has 0 atom stereocenters. The van der Waals surface area contributed by atoms with Crippen molar-refractivity contribution in [2.45, 2.75) is 59.2 Å². The summed E-state index contributed by atoms with van der Waals surface area (Å²) in [5.74, 6) is 1.35. The Hall–Kier alpha value is -3.26. The van der Waals surface area contributed by atoms with Gasteiger partial charge in [0.25, 0.3) is 8.32 Å². The molecule has 0 amide bonds. The molecule has 0 spiro atoms. The molecule has 0 unspecified atom stereocenters. The molecule has 0 aliphatic heterocycles. The first-order chi connectivity index (χ1) is 16.8. The van der Waals surface area contributed by atoms with E-state index in [2.05, 4.69) is 33.9 Å². The molecule has 0 N–H and O–H groups in total. The van der Waals surface area contributed by atoms with Gasteiger partial charge in [-0.15, -0.1) is 0 Å². The molecule has 0 radical (unpaired) electrons. The lowest BCUT2D eigenvalue weighted by Crippen LogP contribution is -2.43. The molecule has 7 nitrogen and oxygen atoms in total. The maximum Gasteiger partial charge on any atom is 0.334 e. The number of Topliss-reactive ketones (excluding diaryl/α,β-unsaturated/α-hetero) is 1. The zero-order valence-electron chi connectivity index (χ0n) is 22.8. The number of methoxy groups -OCH3 is 2. The summed E-state index contributed by atoms with van der Waals surface area (Å²) < 4.78 is 28.8. The van der Waals surface area contributed by atoms with E-state index in [1.165, 1.54) is 20.1 Å². The van der Waals surface area contributed by atoms with E-state index in [0.717, 1.165) is 0 Å². The van der Waals surface area contributed by atoms with E-state index >= 15 is 0 Å². The van der Waals surface area contributed by atoms with Crippen molar-refractivity contribution in [2.24, 2.45) is 0 Å². The zero-order valence-corrected chi connectivity index (χ0v) is 23.8. The normalized spacial score (nSPS) is 12.1. The van der Waals surface area contributed by atoms with Crippen LogP contribution in [-0.4, -0.2) is 40.9 Å². The summed E-state index contributed by atoms with van der Waals surface area (Å²) >= 11 is 0. The fourth-order valence-electron chi connectivity index (χ4n) is 2.98. The Balaban J connectivity index is 2.57. The standard InChI is InChI=1S/C28H38O7Si/c1-10-15-33-27(30)18-24(34-25-17-21(31-6)12-13-22(25)19(2)29)20-11-14-23(26(16-20)32-7)35-36(8,9)28(3,4)5/h11-14,16-18H,10,15H2,1-9H3/b24-18+. The van der Waals surface area contributed by atoms with Crippen molar-refractivity contribution in [3.8, 4) is 23.0 Å². The molecule has 0 saturated heterocycles. The van der Waals surface area contributed by atoms with E-state index in [9.17, 15) is 9.59 Å². The van der Waals surface area contributed by atoms with Crippen LogP contribution in [0, 0.1) is 0 Å². The second-order valence-corrected chi connectivity index (χ2v) is 14.6. The maximum absolute atomic E-state index is 12.5. The largest absolute Gasteiger partial charge is 0.541 e. The molecule has 0 aromatic heterocycles. The van der Waals surface area contributed by atoms with Crippen LogP contribution in [0.5, 0.6) is 23.0 Å². The fourth-order valence-corrected chi connectivity index (χ4v) is 4.00. The molecule has 2 rings (SSSR count). The zero-order chi connectivity index (χ0) is 27.1. The van der Waals surface area contributed by atoms with Crippen molar-refractivity contribution < 1.29 is 33.0 Å². The smallest absolute Gasteiger partial charge is 0.334 e. The number of ketones is 1. The Morgan fingerprint density at radius 3 is 2.19 bits per heavy atom. The Morgan fingerprint density at radius 1 is 0.944 bits per heavy atom. The van der Waals surface area contributed by atoms with Gasteiger partial charge < -0.3 is 23.4 Å². The molecule has 2 aromatic rings. The number of carbonyl (C=O) groups excluding carboxylic acids is 2. The van der Waals surface area contributed by atoms with Crippen molar-refractivity contribution >= 4 is 25.8 Å². The highest BCUT2D eigenvalue weighted by atomic mass is 28.4. The molecule has 0 aliphatic carbocycles. The second kappa shape index (κ2) is 12.1. The van der Waals surface area contributed by atoms with Crippen LogP contribution in [0.2, 0.25) is 18.1 Å². The SMILES string of the molecule is CCCOC(=O)/C=C(/Oc1cc(OC)ccc1C(C)=O)c1ccc(O[Si](C)(C)C(C)(C)C)c(OC)c1. The van der Waals surface area contributed by atoms with Crippen molar-refractivity contribution in [3.05, 3.63) is 53.6 Å². The number of rotatable bonds is 11. The molecule has 0 aliphatic rings. The first-order valence-electron chi connectivity index (χ1n) is 12.0. The van der Waals surface area contributed by atoms with Crippen LogP contribution >= 0.6 is 0 Å². The van der Waals surface area contributed by atoms with Gasteiger partial charge in [-0.3, -0.25) is 4.79 Å². The van der Waals surface area contributed by atoms with Crippen molar-refractivity contribution in [2.75, 3.05) is 20.8 Å². The minimum Gasteiger partial charge on any atom is -0.541 e. The van der Waals surface area contributed by atoms with Crippen LogP contribution in [0.3, 0.4) is 0 Å². The Labute approximate surface area is 215 Å². The Bertz CT molecular complexity index is 1110. The van der Waals surface area contributed by atoms with Crippen LogP contribution < -0.4 is 18.6 Å². The summed E-state index contributed by atoms with van der Waals surface area (Å²) in [4.78, 5) is 24.8. The highest BCUT2D eigenvalue weighted by Gasteiger charge is 2.39. The van der Waals surface area contributed by atoms with Gasteiger partial charge in [0, 0.05) is 11.6 Å². The van der Waals surface area contributed by atoms with E-state index in [-0.39, 0.29) is 28.9 Å². The number of esters is 1. The first kappa shape index (κ1) is 29.0. The van der Waals surface area contributed by atoms with Gasteiger partial charge in [0.15, 0.2) is 11.5 Å². The second-order valence-electron chi connectivity index (χ2n) is 9.92. The van der Waals surface area contributed by atoms with Crippen molar-refractivity contribution in [1.82, 2.24) is 0 Å². The monoisotopic (exact) mass is 514 g/mol.